The molecule has 0 atom stereocenters. The first-order valence-electron chi connectivity index (χ1n) is 8.70. The monoisotopic (exact) mass is 353 g/mol. The van der Waals surface area contributed by atoms with E-state index < -0.39 is 0 Å². The number of hydrogen-bond acceptors (Lipinski definition) is 2. The van der Waals surface area contributed by atoms with E-state index in [0.717, 1.165) is 29.0 Å². The molecule has 0 aliphatic rings. The largest absolute Gasteiger partial charge is 0.355 e. The molecule has 3 rings (SSSR count). The van der Waals surface area contributed by atoms with E-state index in [1.807, 2.05) is 31.2 Å². The maximum Gasteiger partial charge on any atom is 0.191 e. The van der Waals surface area contributed by atoms with E-state index in [1.165, 1.54) is 0 Å². The molecule has 0 radical (unpaired) electrons. The molecule has 1 aromatic heterocycles. The van der Waals surface area contributed by atoms with Gasteiger partial charge in [0.2, 0.25) is 0 Å². The number of imidazole rings is 1. The lowest BCUT2D eigenvalue weighted by Crippen LogP contribution is -2.38. The summed E-state index contributed by atoms with van der Waals surface area (Å²) in [6, 6.07) is 13.4. The summed E-state index contributed by atoms with van der Waals surface area (Å²) in [6.45, 7) is 5.78. The fourth-order valence-corrected chi connectivity index (χ4v) is 2.92. The van der Waals surface area contributed by atoms with Gasteiger partial charge in [0.05, 0.1) is 11.0 Å². The molecule has 0 aliphatic carbocycles. The number of nitrogens with one attached hydrogen (secondary N) is 2. The van der Waals surface area contributed by atoms with Crippen molar-refractivity contribution in [1.29, 1.82) is 0 Å². The van der Waals surface area contributed by atoms with Crippen molar-refractivity contribution >= 4 is 17.0 Å². The molecule has 0 amide bonds. The lowest BCUT2D eigenvalue weighted by Gasteiger charge is -2.13. The molecule has 0 fully saturated rings. The normalized spacial score (nSPS) is 11.8. The summed E-state index contributed by atoms with van der Waals surface area (Å²) < 4.78 is 15.8. The minimum atomic E-state index is -0.185. The fraction of sp³-hybridized carbons (Fsp3) is 0.300. The van der Waals surface area contributed by atoms with Crippen molar-refractivity contribution < 1.29 is 4.39 Å². The van der Waals surface area contributed by atoms with Gasteiger partial charge < -0.3 is 15.2 Å². The number of nitrogens with zero attached hydrogens (tertiary/aromatic N) is 3. The van der Waals surface area contributed by atoms with Gasteiger partial charge in [0.1, 0.15) is 11.6 Å². The molecule has 0 saturated carbocycles. The van der Waals surface area contributed by atoms with Crippen LogP contribution in [0.2, 0.25) is 0 Å². The van der Waals surface area contributed by atoms with Crippen LogP contribution in [0.15, 0.2) is 47.5 Å². The Labute approximate surface area is 153 Å². The average Bonchev–Trinajstić information content (AvgIpc) is 2.96. The molecular weight excluding hydrogens is 329 g/mol. The van der Waals surface area contributed by atoms with Gasteiger partial charge in [-0.2, -0.15) is 0 Å². The Morgan fingerprint density at radius 3 is 2.73 bits per heavy atom. The van der Waals surface area contributed by atoms with Crippen molar-refractivity contribution in [3.63, 3.8) is 0 Å². The van der Waals surface area contributed by atoms with Crippen LogP contribution in [0.5, 0.6) is 0 Å². The number of benzene rings is 2. The number of rotatable bonds is 5. The van der Waals surface area contributed by atoms with Gasteiger partial charge in [0.25, 0.3) is 0 Å². The van der Waals surface area contributed by atoms with Gasteiger partial charge in [-0.15, -0.1) is 0 Å². The summed E-state index contributed by atoms with van der Waals surface area (Å²) in [4.78, 5) is 8.80. The first kappa shape index (κ1) is 17.9. The van der Waals surface area contributed by atoms with E-state index >= 15 is 0 Å². The molecule has 136 valence electrons. The quantitative estimate of drug-likeness (QED) is 0.547. The molecule has 0 bridgehead atoms. The SMILES string of the molecule is CN=C(NCCn1c(C)nc2ccccc21)NCc1ccc(C)c(F)c1. The lowest BCUT2D eigenvalue weighted by molar-refractivity contribution is 0.615. The van der Waals surface area contributed by atoms with E-state index in [-0.39, 0.29) is 5.82 Å². The Morgan fingerprint density at radius 1 is 1.15 bits per heavy atom. The minimum Gasteiger partial charge on any atom is -0.355 e. The van der Waals surface area contributed by atoms with Crippen molar-refractivity contribution in [2.45, 2.75) is 26.9 Å². The standard InChI is InChI=1S/C20H24FN5/c1-14-8-9-16(12-17(14)21)13-24-20(22-3)23-10-11-26-15(2)25-18-6-4-5-7-19(18)26/h4-9,12H,10-11,13H2,1-3H3,(H2,22,23,24). The van der Waals surface area contributed by atoms with Crippen LogP contribution in [0.1, 0.15) is 17.0 Å². The van der Waals surface area contributed by atoms with Crippen molar-refractivity contribution in [3.8, 4) is 0 Å². The fourth-order valence-electron chi connectivity index (χ4n) is 2.92. The Kier molecular flexibility index (Phi) is 5.51. The number of halogens is 1. The second kappa shape index (κ2) is 7.99. The zero-order chi connectivity index (χ0) is 18.5. The number of aryl methyl sites for hydroxylation is 2. The molecular formula is C20H24FN5. The van der Waals surface area contributed by atoms with Crippen molar-refractivity contribution in [2.75, 3.05) is 13.6 Å². The third kappa shape index (κ3) is 4.02. The second-order valence-electron chi connectivity index (χ2n) is 6.24. The Morgan fingerprint density at radius 2 is 1.96 bits per heavy atom. The predicted octanol–water partition coefficient (Wildman–Crippen LogP) is 3.16. The van der Waals surface area contributed by atoms with E-state index in [1.54, 1.807) is 26.1 Å². The molecule has 0 saturated heterocycles. The van der Waals surface area contributed by atoms with Crippen molar-refractivity contribution in [3.05, 3.63) is 65.2 Å². The molecule has 0 aliphatic heterocycles. The van der Waals surface area contributed by atoms with E-state index in [9.17, 15) is 4.39 Å². The third-order valence-electron chi connectivity index (χ3n) is 4.39. The van der Waals surface area contributed by atoms with Gasteiger partial charge in [-0.05, 0) is 43.2 Å². The van der Waals surface area contributed by atoms with Crippen LogP contribution in [0, 0.1) is 19.7 Å². The molecule has 2 aromatic carbocycles. The predicted molar refractivity (Wildman–Crippen MR) is 104 cm³/mol. The van der Waals surface area contributed by atoms with Gasteiger partial charge >= 0.3 is 0 Å². The smallest absolute Gasteiger partial charge is 0.191 e. The van der Waals surface area contributed by atoms with Gasteiger partial charge in [-0.1, -0.05) is 24.3 Å². The maximum absolute atomic E-state index is 13.6. The molecule has 26 heavy (non-hydrogen) atoms. The summed E-state index contributed by atoms with van der Waals surface area (Å²) in [5.74, 6) is 1.49. The summed E-state index contributed by atoms with van der Waals surface area (Å²) in [5.41, 5.74) is 3.67. The number of guanidine groups is 1. The van der Waals surface area contributed by atoms with Crippen molar-refractivity contribution in [2.24, 2.45) is 4.99 Å². The highest BCUT2D eigenvalue weighted by molar-refractivity contribution is 5.79. The lowest BCUT2D eigenvalue weighted by atomic mass is 10.1. The molecule has 1 heterocycles. The van der Waals surface area contributed by atoms with Crippen LogP contribution in [0.25, 0.3) is 11.0 Å². The highest BCUT2D eigenvalue weighted by Crippen LogP contribution is 2.14. The van der Waals surface area contributed by atoms with Gasteiger partial charge in [0.15, 0.2) is 5.96 Å². The maximum atomic E-state index is 13.6. The Balaban J connectivity index is 1.55. The van der Waals surface area contributed by atoms with Crippen LogP contribution < -0.4 is 10.6 Å². The second-order valence-corrected chi connectivity index (χ2v) is 6.24. The first-order chi connectivity index (χ1) is 12.6. The Bertz CT molecular complexity index is 929. The van der Waals surface area contributed by atoms with Crippen LogP contribution in [-0.2, 0) is 13.1 Å². The number of aromatic nitrogens is 2. The van der Waals surface area contributed by atoms with Crippen LogP contribution >= 0.6 is 0 Å². The highest BCUT2D eigenvalue weighted by Gasteiger charge is 2.07. The van der Waals surface area contributed by atoms with E-state index in [4.69, 9.17) is 0 Å². The summed E-state index contributed by atoms with van der Waals surface area (Å²) in [5, 5.41) is 6.50. The Hall–Kier alpha value is -2.89. The van der Waals surface area contributed by atoms with Gasteiger partial charge in [-0.25, -0.2) is 9.37 Å². The highest BCUT2D eigenvalue weighted by atomic mass is 19.1. The first-order valence-corrected chi connectivity index (χ1v) is 8.70. The molecule has 0 unspecified atom stereocenters. The van der Waals surface area contributed by atoms with Crippen molar-refractivity contribution in [1.82, 2.24) is 20.2 Å². The number of fused-ring (bicyclic) bond motifs is 1. The molecule has 3 aromatic rings. The number of aliphatic imine (C=N–C) groups is 1. The summed E-state index contributed by atoms with van der Waals surface area (Å²) >= 11 is 0. The van der Waals surface area contributed by atoms with Crippen LogP contribution in [0.4, 0.5) is 4.39 Å². The van der Waals surface area contributed by atoms with Gasteiger partial charge in [-0.3, -0.25) is 4.99 Å². The summed E-state index contributed by atoms with van der Waals surface area (Å²) in [6.07, 6.45) is 0. The number of hydrogen-bond donors (Lipinski definition) is 2. The molecule has 0 spiro atoms. The van der Waals surface area contributed by atoms with Crippen LogP contribution in [0.3, 0.4) is 0 Å². The molecule has 5 nitrogen and oxygen atoms in total. The number of para-hydroxylation sites is 2. The topological polar surface area (TPSA) is 54.2 Å². The third-order valence-corrected chi connectivity index (χ3v) is 4.39. The molecule has 2 N–H and O–H groups in total. The minimum absolute atomic E-state index is 0.185. The van der Waals surface area contributed by atoms with E-state index in [2.05, 4.69) is 31.2 Å². The summed E-state index contributed by atoms with van der Waals surface area (Å²) in [7, 11) is 1.73. The zero-order valence-electron chi connectivity index (χ0n) is 15.4. The zero-order valence-corrected chi connectivity index (χ0v) is 15.4. The van der Waals surface area contributed by atoms with Crippen LogP contribution in [-0.4, -0.2) is 29.1 Å². The average molecular weight is 353 g/mol. The van der Waals surface area contributed by atoms with Gasteiger partial charge in [0, 0.05) is 26.7 Å². The molecule has 6 heteroatoms. The van der Waals surface area contributed by atoms with E-state index in [0.29, 0.717) is 24.6 Å².